The molecule has 0 saturated carbocycles. The molecule has 0 spiro atoms. The third-order valence-electron chi connectivity index (χ3n) is 3.17. The van der Waals surface area contributed by atoms with Crippen LogP contribution in [0.5, 0.6) is 5.75 Å². The zero-order valence-electron chi connectivity index (χ0n) is 11.3. The van der Waals surface area contributed by atoms with Gasteiger partial charge in [-0.2, -0.15) is 17.0 Å². The van der Waals surface area contributed by atoms with E-state index in [-0.39, 0.29) is 6.10 Å². The fraction of sp³-hybridized carbons (Fsp3) is 0.538. The van der Waals surface area contributed by atoms with Crippen molar-refractivity contribution >= 4 is 10.2 Å². The van der Waals surface area contributed by atoms with Crippen molar-refractivity contribution in [2.24, 2.45) is 0 Å². The summed E-state index contributed by atoms with van der Waals surface area (Å²) < 4.78 is 32.7. The van der Waals surface area contributed by atoms with Crippen LogP contribution in [0.4, 0.5) is 0 Å². The summed E-state index contributed by atoms with van der Waals surface area (Å²) in [6.45, 7) is 0.977. The maximum atomic E-state index is 12.1. The molecule has 0 bridgehead atoms. The molecular weight excluding hydrogens is 264 g/mol. The molecule has 106 valence electrons. The zero-order valence-corrected chi connectivity index (χ0v) is 12.1. The van der Waals surface area contributed by atoms with Gasteiger partial charge >= 0.3 is 0 Å². The minimum atomic E-state index is -3.34. The second-order valence-corrected chi connectivity index (χ2v) is 6.99. The van der Waals surface area contributed by atoms with E-state index in [1.807, 2.05) is 30.3 Å². The zero-order chi connectivity index (χ0) is 13.9. The second kappa shape index (κ2) is 5.90. The van der Waals surface area contributed by atoms with Crippen molar-refractivity contribution in [2.75, 3.05) is 27.2 Å². The fourth-order valence-corrected chi connectivity index (χ4v) is 3.31. The molecule has 5 nitrogen and oxygen atoms in total. The van der Waals surface area contributed by atoms with E-state index in [2.05, 4.69) is 0 Å². The summed E-state index contributed by atoms with van der Waals surface area (Å²) in [4.78, 5) is 0. The number of ether oxygens (including phenoxy) is 1. The standard InChI is InChI=1S/C13H20N2O3S/c1-14(2)19(16,17)15-10-6-9-13(11-15)18-12-7-4-3-5-8-12/h3-5,7-8,13H,6,9-11H2,1-2H3. The van der Waals surface area contributed by atoms with Gasteiger partial charge < -0.3 is 4.74 Å². The largest absolute Gasteiger partial charge is 0.489 e. The molecule has 0 aliphatic carbocycles. The Labute approximate surface area is 115 Å². The third-order valence-corrected chi connectivity index (χ3v) is 5.08. The Kier molecular flexibility index (Phi) is 4.44. The molecule has 6 heteroatoms. The Morgan fingerprint density at radius 1 is 1.26 bits per heavy atom. The maximum absolute atomic E-state index is 12.1. The number of hydrogen-bond donors (Lipinski definition) is 0. The molecule has 0 radical (unpaired) electrons. The molecule has 1 fully saturated rings. The molecule has 1 unspecified atom stereocenters. The van der Waals surface area contributed by atoms with Crippen LogP contribution in [0.3, 0.4) is 0 Å². The quantitative estimate of drug-likeness (QED) is 0.838. The molecule has 0 amide bonds. The van der Waals surface area contributed by atoms with Crippen LogP contribution in [0, 0.1) is 0 Å². The lowest BCUT2D eigenvalue weighted by atomic mass is 10.1. The van der Waals surface area contributed by atoms with Crippen LogP contribution in [0.1, 0.15) is 12.8 Å². The van der Waals surface area contributed by atoms with Crippen molar-refractivity contribution in [2.45, 2.75) is 18.9 Å². The molecule has 1 aromatic rings. The fourth-order valence-electron chi connectivity index (χ4n) is 2.13. The lowest BCUT2D eigenvalue weighted by Crippen LogP contribution is -2.48. The monoisotopic (exact) mass is 284 g/mol. The lowest BCUT2D eigenvalue weighted by molar-refractivity contribution is 0.127. The molecule has 1 aliphatic heterocycles. The van der Waals surface area contributed by atoms with Crippen LogP contribution in [0.2, 0.25) is 0 Å². The summed E-state index contributed by atoms with van der Waals surface area (Å²) in [7, 11) is -0.233. The number of nitrogens with zero attached hydrogens (tertiary/aromatic N) is 2. The van der Waals surface area contributed by atoms with Gasteiger partial charge in [0.25, 0.3) is 10.2 Å². The number of para-hydroxylation sites is 1. The first kappa shape index (κ1) is 14.3. The van der Waals surface area contributed by atoms with Crippen molar-refractivity contribution in [3.8, 4) is 5.75 Å². The Morgan fingerprint density at radius 2 is 1.95 bits per heavy atom. The molecule has 0 aromatic heterocycles. The summed E-state index contributed by atoms with van der Waals surface area (Å²) in [5.74, 6) is 0.789. The minimum absolute atomic E-state index is 0.0779. The van der Waals surface area contributed by atoms with Gasteiger partial charge in [0.2, 0.25) is 0 Å². The van der Waals surface area contributed by atoms with Crippen molar-refractivity contribution in [1.29, 1.82) is 0 Å². The highest BCUT2D eigenvalue weighted by Crippen LogP contribution is 2.20. The first-order valence-corrected chi connectivity index (χ1v) is 7.79. The van der Waals surface area contributed by atoms with Crippen LogP contribution >= 0.6 is 0 Å². The Morgan fingerprint density at radius 3 is 2.58 bits per heavy atom. The van der Waals surface area contributed by atoms with E-state index in [1.54, 1.807) is 14.1 Å². The van der Waals surface area contributed by atoms with Crippen LogP contribution in [-0.4, -0.2) is 50.3 Å². The van der Waals surface area contributed by atoms with Gasteiger partial charge in [-0.05, 0) is 25.0 Å². The highest BCUT2D eigenvalue weighted by Gasteiger charge is 2.31. The summed E-state index contributed by atoms with van der Waals surface area (Å²) in [6.07, 6.45) is 1.63. The van der Waals surface area contributed by atoms with Crippen molar-refractivity contribution in [3.63, 3.8) is 0 Å². The van der Waals surface area contributed by atoms with E-state index < -0.39 is 10.2 Å². The van der Waals surface area contributed by atoms with E-state index in [0.717, 1.165) is 18.6 Å². The molecule has 2 rings (SSSR count). The van der Waals surface area contributed by atoms with Gasteiger partial charge in [-0.25, -0.2) is 0 Å². The first-order chi connectivity index (χ1) is 9.00. The minimum Gasteiger partial charge on any atom is -0.489 e. The van der Waals surface area contributed by atoms with E-state index >= 15 is 0 Å². The van der Waals surface area contributed by atoms with Gasteiger partial charge in [-0.3, -0.25) is 0 Å². The average Bonchev–Trinajstić information content (AvgIpc) is 2.40. The average molecular weight is 284 g/mol. The highest BCUT2D eigenvalue weighted by atomic mass is 32.2. The topological polar surface area (TPSA) is 49.9 Å². The molecule has 19 heavy (non-hydrogen) atoms. The van der Waals surface area contributed by atoms with E-state index in [0.29, 0.717) is 13.1 Å². The van der Waals surface area contributed by atoms with Crippen molar-refractivity contribution in [1.82, 2.24) is 8.61 Å². The number of benzene rings is 1. The maximum Gasteiger partial charge on any atom is 0.281 e. The van der Waals surface area contributed by atoms with Crippen molar-refractivity contribution in [3.05, 3.63) is 30.3 Å². The first-order valence-electron chi connectivity index (χ1n) is 6.39. The van der Waals surface area contributed by atoms with Crippen molar-refractivity contribution < 1.29 is 13.2 Å². The molecule has 0 N–H and O–H groups in total. The van der Waals surface area contributed by atoms with Gasteiger partial charge in [0.15, 0.2) is 0 Å². The Bertz CT molecular complexity index is 502. The van der Waals surface area contributed by atoms with Crippen LogP contribution in [0.25, 0.3) is 0 Å². The van der Waals surface area contributed by atoms with Crippen LogP contribution in [0.15, 0.2) is 30.3 Å². The molecule has 1 heterocycles. The normalized spacial score (nSPS) is 21.5. The highest BCUT2D eigenvalue weighted by molar-refractivity contribution is 7.86. The summed E-state index contributed by atoms with van der Waals surface area (Å²) in [6, 6.07) is 9.52. The summed E-state index contributed by atoms with van der Waals surface area (Å²) in [5.41, 5.74) is 0. The van der Waals surface area contributed by atoms with Crippen LogP contribution < -0.4 is 4.74 Å². The number of rotatable bonds is 4. The van der Waals surface area contributed by atoms with E-state index in [1.165, 1.54) is 8.61 Å². The van der Waals surface area contributed by atoms with Gasteiger partial charge in [0.1, 0.15) is 11.9 Å². The number of hydrogen-bond acceptors (Lipinski definition) is 3. The second-order valence-electron chi connectivity index (χ2n) is 4.84. The Hall–Kier alpha value is -1.11. The third kappa shape index (κ3) is 3.46. The predicted octanol–water partition coefficient (Wildman–Crippen LogP) is 1.34. The van der Waals surface area contributed by atoms with Gasteiger partial charge in [0, 0.05) is 20.6 Å². The smallest absolute Gasteiger partial charge is 0.281 e. The molecular formula is C13H20N2O3S. The predicted molar refractivity (Wildman–Crippen MR) is 74.3 cm³/mol. The van der Waals surface area contributed by atoms with Crippen LogP contribution in [-0.2, 0) is 10.2 Å². The van der Waals surface area contributed by atoms with E-state index in [4.69, 9.17) is 4.74 Å². The molecule has 1 aromatic carbocycles. The number of piperidine rings is 1. The van der Waals surface area contributed by atoms with E-state index in [9.17, 15) is 8.42 Å². The van der Waals surface area contributed by atoms with Gasteiger partial charge in [-0.1, -0.05) is 18.2 Å². The van der Waals surface area contributed by atoms with Gasteiger partial charge in [-0.15, -0.1) is 0 Å². The van der Waals surface area contributed by atoms with Gasteiger partial charge in [0.05, 0.1) is 6.54 Å². The molecule has 1 atom stereocenters. The molecule has 1 saturated heterocycles. The molecule has 1 aliphatic rings. The SMILES string of the molecule is CN(C)S(=O)(=O)N1CCCC(Oc2ccccc2)C1. The summed E-state index contributed by atoms with van der Waals surface area (Å²) >= 11 is 0. The Balaban J connectivity index is 2.02. The summed E-state index contributed by atoms with van der Waals surface area (Å²) in [5, 5.41) is 0. The lowest BCUT2D eigenvalue weighted by Gasteiger charge is -2.33.